The van der Waals surface area contributed by atoms with Gasteiger partial charge >= 0.3 is 0 Å². The molecule has 0 unspecified atom stereocenters. The summed E-state index contributed by atoms with van der Waals surface area (Å²) in [6, 6.07) is 8.89. The second kappa shape index (κ2) is 4.87. The lowest BCUT2D eigenvalue weighted by atomic mass is 9.90. The number of benzene rings is 1. The summed E-state index contributed by atoms with van der Waals surface area (Å²) in [5.41, 5.74) is 15.3. The van der Waals surface area contributed by atoms with Gasteiger partial charge in [0, 0.05) is 17.5 Å². The molecule has 2 N–H and O–H groups in total. The van der Waals surface area contributed by atoms with E-state index in [0.29, 0.717) is 0 Å². The van der Waals surface area contributed by atoms with Crippen molar-refractivity contribution in [3.8, 4) is 11.3 Å². The molecule has 2 heterocycles. The monoisotopic (exact) mass is 291 g/mol. The Morgan fingerprint density at radius 1 is 1.05 bits per heavy atom. The third-order valence-electron chi connectivity index (χ3n) is 4.87. The predicted molar refractivity (Wildman–Crippen MR) is 91.2 cm³/mol. The molecule has 3 nitrogen and oxygen atoms in total. The Hall–Kier alpha value is -2.29. The highest BCUT2D eigenvalue weighted by molar-refractivity contribution is 5.69. The summed E-state index contributed by atoms with van der Waals surface area (Å²) in [6.07, 6.45) is 7.01. The molecule has 2 aromatic heterocycles. The third-order valence-corrected chi connectivity index (χ3v) is 4.87. The van der Waals surface area contributed by atoms with E-state index >= 15 is 0 Å². The van der Waals surface area contributed by atoms with Gasteiger partial charge < -0.3 is 10.1 Å². The molecule has 0 bridgehead atoms. The summed E-state index contributed by atoms with van der Waals surface area (Å²) < 4.78 is 2.09. The molecule has 0 amide bonds. The van der Waals surface area contributed by atoms with Gasteiger partial charge in [0.25, 0.3) is 0 Å². The maximum absolute atomic E-state index is 6.05. The number of hydrogen-bond acceptors (Lipinski definition) is 2. The van der Waals surface area contributed by atoms with Gasteiger partial charge in [-0.1, -0.05) is 12.1 Å². The standard InChI is InChI=1S/C19H21N3/c1-12-9-18-21-19(13(2)22(18)11-17(12)20)16-8-7-14-5-3-4-6-15(14)10-16/h7-11H,3-6,20H2,1-2H3. The van der Waals surface area contributed by atoms with Crippen molar-refractivity contribution in [2.24, 2.45) is 0 Å². The lowest BCUT2D eigenvalue weighted by Crippen LogP contribution is -2.02. The number of aryl methyl sites for hydroxylation is 4. The maximum atomic E-state index is 6.05. The number of fused-ring (bicyclic) bond motifs is 2. The lowest BCUT2D eigenvalue weighted by Gasteiger charge is -2.16. The highest BCUT2D eigenvalue weighted by Crippen LogP contribution is 2.30. The zero-order valence-corrected chi connectivity index (χ0v) is 13.2. The fraction of sp³-hybridized carbons (Fsp3) is 0.316. The van der Waals surface area contributed by atoms with Crippen LogP contribution in [0.2, 0.25) is 0 Å². The molecule has 0 spiro atoms. The van der Waals surface area contributed by atoms with Crippen LogP contribution in [0.15, 0.2) is 30.5 Å². The van der Waals surface area contributed by atoms with Crippen LogP contribution in [0.5, 0.6) is 0 Å². The van der Waals surface area contributed by atoms with Gasteiger partial charge in [-0.25, -0.2) is 4.98 Å². The summed E-state index contributed by atoms with van der Waals surface area (Å²) in [5, 5.41) is 0. The van der Waals surface area contributed by atoms with E-state index in [1.165, 1.54) is 42.4 Å². The van der Waals surface area contributed by atoms with Crippen molar-refractivity contribution in [2.45, 2.75) is 39.5 Å². The van der Waals surface area contributed by atoms with Crippen LogP contribution in [0.4, 0.5) is 5.69 Å². The molecule has 0 radical (unpaired) electrons. The Bertz CT molecular complexity index is 874. The first-order chi connectivity index (χ1) is 10.6. The minimum Gasteiger partial charge on any atom is -0.397 e. The largest absolute Gasteiger partial charge is 0.397 e. The van der Waals surface area contributed by atoms with E-state index in [9.17, 15) is 0 Å². The van der Waals surface area contributed by atoms with Gasteiger partial charge in [0.2, 0.25) is 0 Å². The number of aromatic nitrogens is 2. The van der Waals surface area contributed by atoms with Gasteiger partial charge in [0.1, 0.15) is 5.65 Å². The average Bonchev–Trinajstić information content (AvgIpc) is 2.84. The van der Waals surface area contributed by atoms with Gasteiger partial charge in [-0.2, -0.15) is 0 Å². The highest BCUT2D eigenvalue weighted by atomic mass is 15.0. The first-order valence-electron chi connectivity index (χ1n) is 8.00. The number of nitrogens with two attached hydrogens (primary N) is 1. The lowest BCUT2D eigenvalue weighted by molar-refractivity contribution is 0.686. The number of hydrogen-bond donors (Lipinski definition) is 1. The molecule has 0 saturated carbocycles. The van der Waals surface area contributed by atoms with E-state index in [2.05, 4.69) is 35.6 Å². The summed E-state index contributed by atoms with van der Waals surface area (Å²) in [5.74, 6) is 0. The van der Waals surface area contributed by atoms with Crippen LogP contribution >= 0.6 is 0 Å². The molecule has 22 heavy (non-hydrogen) atoms. The molecule has 3 aromatic rings. The first-order valence-corrected chi connectivity index (χ1v) is 8.00. The van der Waals surface area contributed by atoms with Crippen LogP contribution < -0.4 is 5.73 Å². The molecule has 1 aromatic carbocycles. The zero-order valence-electron chi connectivity index (χ0n) is 13.2. The van der Waals surface area contributed by atoms with Crippen molar-refractivity contribution in [1.29, 1.82) is 0 Å². The summed E-state index contributed by atoms with van der Waals surface area (Å²) in [6.45, 7) is 4.14. The molecular formula is C19H21N3. The normalized spacial score (nSPS) is 14.3. The Morgan fingerprint density at radius 3 is 2.64 bits per heavy atom. The molecule has 0 aliphatic heterocycles. The molecular weight excluding hydrogens is 270 g/mol. The third kappa shape index (κ3) is 2.00. The number of rotatable bonds is 1. The van der Waals surface area contributed by atoms with Crippen molar-refractivity contribution >= 4 is 11.3 Å². The van der Waals surface area contributed by atoms with Gasteiger partial charge in [-0.15, -0.1) is 0 Å². The van der Waals surface area contributed by atoms with Gasteiger partial charge in [0.05, 0.1) is 11.4 Å². The minimum atomic E-state index is 0.810. The van der Waals surface area contributed by atoms with E-state index in [4.69, 9.17) is 10.7 Å². The molecule has 0 saturated heterocycles. The second-order valence-electron chi connectivity index (χ2n) is 6.38. The van der Waals surface area contributed by atoms with Gasteiger partial charge in [-0.3, -0.25) is 0 Å². The molecule has 1 aliphatic rings. The maximum Gasteiger partial charge on any atom is 0.138 e. The zero-order chi connectivity index (χ0) is 15.3. The van der Waals surface area contributed by atoms with Crippen LogP contribution in [0.1, 0.15) is 35.2 Å². The number of imidazole rings is 1. The minimum absolute atomic E-state index is 0.810. The summed E-state index contributed by atoms with van der Waals surface area (Å²) in [4.78, 5) is 4.84. The first kappa shape index (κ1) is 13.4. The van der Waals surface area contributed by atoms with Crippen molar-refractivity contribution in [1.82, 2.24) is 9.38 Å². The van der Waals surface area contributed by atoms with Crippen LogP contribution in [-0.4, -0.2) is 9.38 Å². The van der Waals surface area contributed by atoms with E-state index in [1.807, 2.05) is 13.1 Å². The Kier molecular flexibility index (Phi) is 2.96. The van der Waals surface area contributed by atoms with Crippen LogP contribution in [0.3, 0.4) is 0 Å². The number of anilines is 1. The summed E-state index contributed by atoms with van der Waals surface area (Å²) in [7, 11) is 0. The average molecular weight is 291 g/mol. The molecule has 1 aliphatic carbocycles. The Balaban J connectivity index is 1.89. The Labute approximate surface area is 130 Å². The van der Waals surface area contributed by atoms with Gasteiger partial charge in [0.15, 0.2) is 0 Å². The van der Waals surface area contributed by atoms with E-state index < -0.39 is 0 Å². The molecule has 0 atom stereocenters. The predicted octanol–water partition coefficient (Wildman–Crippen LogP) is 4.08. The SMILES string of the molecule is Cc1cc2nc(-c3ccc4c(c3)CCCC4)c(C)n2cc1N. The quantitative estimate of drug-likeness (QED) is 0.734. The highest BCUT2D eigenvalue weighted by Gasteiger charge is 2.15. The van der Waals surface area contributed by atoms with E-state index in [0.717, 1.165) is 28.3 Å². The summed E-state index contributed by atoms with van der Waals surface area (Å²) >= 11 is 0. The molecule has 4 rings (SSSR count). The number of nitrogen functional groups attached to an aromatic ring is 1. The van der Waals surface area contributed by atoms with Crippen molar-refractivity contribution in [3.05, 3.63) is 52.8 Å². The Morgan fingerprint density at radius 2 is 1.82 bits per heavy atom. The number of pyridine rings is 1. The van der Waals surface area contributed by atoms with E-state index in [-0.39, 0.29) is 0 Å². The fourth-order valence-corrected chi connectivity index (χ4v) is 3.47. The molecule has 0 fully saturated rings. The van der Waals surface area contributed by atoms with Gasteiger partial charge in [-0.05, 0) is 68.4 Å². The second-order valence-corrected chi connectivity index (χ2v) is 6.38. The smallest absolute Gasteiger partial charge is 0.138 e. The topological polar surface area (TPSA) is 43.3 Å². The van der Waals surface area contributed by atoms with Crippen molar-refractivity contribution < 1.29 is 0 Å². The molecule has 3 heteroatoms. The van der Waals surface area contributed by atoms with Crippen LogP contribution in [-0.2, 0) is 12.8 Å². The van der Waals surface area contributed by atoms with E-state index in [1.54, 1.807) is 0 Å². The number of nitrogens with zero attached hydrogens (tertiary/aromatic N) is 2. The fourth-order valence-electron chi connectivity index (χ4n) is 3.47. The van der Waals surface area contributed by atoms with Crippen molar-refractivity contribution in [2.75, 3.05) is 5.73 Å². The van der Waals surface area contributed by atoms with Crippen molar-refractivity contribution in [3.63, 3.8) is 0 Å². The molecule has 112 valence electrons. The van der Waals surface area contributed by atoms with Crippen LogP contribution in [0.25, 0.3) is 16.9 Å². The van der Waals surface area contributed by atoms with Crippen LogP contribution in [0, 0.1) is 13.8 Å².